The third-order valence-electron chi connectivity index (χ3n) is 10.5. The Balaban J connectivity index is 1.31. The zero-order valence-corrected chi connectivity index (χ0v) is 22.9. The van der Waals surface area contributed by atoms with E-state index in [1.807, 2.05) is 6.26 Å². The summed E-state index contributed by atoms with van der Waals surface area (Å²) in [7, 11) is 0. The van der Waals surface area contributed by atoms with Crippen LogP contribution in [0.25, 0.3) is 0 Å². The van der Waals surface area contributed by atoms with E-state index in [0.29, 0.717) is 41.6 Å². The van der Waals surface area contributed by atoms with Gasteiger partial charge in [-0.05, 0) is 92.5 Å². The van der Waals surface area contributed by atoms with Crippen molar-refractivity contribution in [3.05, 3.63) is 0 Å². The lowest BCUT2D eigenvalue weighted by Gasteiger charge is -2.60. The number of ether oxygens (including phenoxy) is 1. The molecule has 4 saturated carbocycles. The second-order valence-corrected chi connectivity index (χ2v) is 13.2. The number of amides is 1. The average molecular weight is 522 g/mol. The Morgan fingerprint density at radius 2 is 1.81 bits per heavy atom. The van der Waals surface area contributed by atoms with Crippen molar-refractivity contribution in [2.45, 2.75) is 103 Å². The number of fused-ring (bicyclic) bond motifs is 5. The fraction of sp³-hybridized carbons (Fsp3) is 0.857. The first-order valence-corrected chi connectivity index (χ1v) is 15.2. The number of aliphatic carboxylic acids is 1. The third-order valence-corrected chi connectivity index (χ3v) is 11.1. The van der Waals surface area contributed by atoms with Gasteiger partial charge in [-0.15, -0.1) is 0 Å². The number of thioether (sulfide) groups is 1. The van der Waals surface area contributed by atoms with Gasteiger partial charge in [0.2, 0.25) is 5.91 Å². The first-order chi connectivity index (χ1) is 17.1. The van der Waals surface area contributed by atoms with Gasteiger partial charge in [-0.2, -0.15) is 11.8 Å². The largest absolute Gasteiger partial charge is 0.480 e. The van der Waals surface area contributed by atoms with Crippen LogP contribution in [0.15, 0.2) is 0 Å². The second-order valence-electron chi connectivity index (χ2n) is 12.2. The topological polar surface area (TPSA) is 110 Å². The summed E-state index contributed by atoms with van der Waals surface area (Å²) < 4.78 is 5.99. The Hall–Kier alpha value is -1.57. The summed E-state index contributed by atoms with van der Waals surface area (Å²) in [4.78, 5) is 48.5. The number of carbonyl (C=O) groups is 4. The van der Waals surface area contributed by atoms with Crippen LogP contribution in [0.3, 0.4) is 0 Å². The first-order valence-electron chi connectivity index (χ1n) is 13.8. The molecule has 4 fully saturated rings. The van der Waals surface area contributed by atoms with Crippen LogP contribution in [-0.4, -0.2) is 52.9 Å². The van der Waals surface area contributed by atoms with Gasteiger partial charge in [-0.1, -0.05) is 13.8 Å². The number of carboxylic acids is 1. The van der Waals surface area contributed by atoms with Crippen LogP contribution in [-0.2, 0) is 23.9 Å². The van der Waals surface area contributed by atoms with E-state index in [1.165, 1.54) is 18.2 Å². The predicted octanol–water partition coefficient (Wildman–Crippen LogP) is 4.61. The molecule has 4 aliphatic carbocycles. The van der Waals surface area contributed by atoms with E-state index < -0.39 is 17.9 Å². The van der Waals surface area contributed by atoms with E-state index in [2.05, 4.69) is 19.2 Å². The molecular weight excluding hydrogens is 478 g/mol. The third kappa shape index (κ3) is 5.34. The van der Waals surface area contributed by atoms with Gasteiger partial charge in [0, 0.05) is 24.7 Å². The van der Waals surface area contributed by atoms with E-state index >= 15 is 0 Å². The number of hydrogen-bond acceptors (Lipinski definition) is 6. The Morgan fingerprint density at radius 1 is 1.06 bits per heavy atom. The van der Waals surface area contributed by atoms with Crippen molar-refractivity contribution < 1.29 is 29.0 Å². The maximum absolute atomic E-state index is 12.7. The quantitative estimate of drug-likeness (QED) is 0.426. The monoisotopic (exact) mass is 521 g/mol. The number of carbonyl (C=O) groups excluding carboxylic acids is 3. The van der Waals surface area contributed by atoms with Gasteiger partial charge in [0.25, 0.3) is 0 Å². The lowest BCUT2D eigenvalue weighted by molar-refractivity contribution is -0.164. The molecule has 8 heteroatoms. The molecular formula is C28H43NO6S. The van der Waals surface area contributed by atoms with Crippen molar-refractivity contribution in [3.8, 4) is 0 Å². The molecule has 2 unspecified atom stereocenters. The lowest BCUT2D eigenvalue weighted by Crippen LogP contribution is -2.54. The van der Waals surface area contributed by atoms with Gasteiger partial charge < -0.3 is 15.2 Å². The molecule has 0 aromatic carbocycles. The summed E-state index contributed by atoms with van der Waals surface area (Å²) in [6.07, 6.45) is 11.0. The minimum Gasteiger partial charge on any atom is -0.480 e. The van der Waals surface area contributed by atoms with E-state index in [-0.39, 0.29) is 35.7 Å². The molecule has 202 valence electrons. The van der Waals surface area contributed by atoms with Gasteiger partial charge in [0.15, 0.2) is 0 Å². The van der Waals surface area contributed by atoms with Crippen LogP contribution in [0.2, 0.25) is 0 Å². The normalized spacial score (nSPS) is 38.3. The van der Waals surface area contributed by atoms with Gasteiger partial charge in [0.05, 0.1) is 6.42 Å². The summed E-state index contributed by atoms with van der Waals surface area (Å²) in [6.45, 7) is 4.74. The molecule has 36 heavy (non-hydrogen) atoms. The molecule has 0 aromatic rings. The Labute approximate surface area is 219 Å². The highest BCUT2D eigenvalue weighted by Crippen LogP contribution is 2.66. The van der Waals surface area contributed by atoms with E-state index in [9.17, 15) is 24.3 Å². The van der Waals surface area contributed by atoms with E-state index in [4.69, 9.17) is 4.74 Å². The van der Waals surface area contributed by atoms with Crippen molar-refractivity contribution in [2.24, 2.45) is 34.5 Å². The highest BCUT2D eigenvalue weighted by molar-refractivity contribution is 7.98. The molecule has 8 atom stereocenters. The SMILES string of the molecule is CSCCC(NC(=O)CCC(=O)OC1CC[C@H]2[C@@H]3CC[C@H]4CC(=O)CC[C@]4(C)[C@H]3CC[C@]12C)C(=O)O. The molecule has 0 aliphatic heterocycles. The van der Waals surface area contributed by atoms with Crippen LogP contribution in [0, 0.1) is 34.5 Å². The summed E-state index contributed by atoms with van der Waals surface area (Å²) in [5.74, 6) is 1.62. The number of rotatable bonds is 9. The van der Waals surface area contributed by atoms with Gasteiger partial charge in [-0.3, -0.25) is 14.4 Å². The Bertz CT molecular complexity index is 878. The minimum absolute atomic E-state index is 0.0288. The maximum Gasteiger partial charge on any atom is 0.326 e. The second kappa shape index (κ2) is 11.0. The fourth-order valence-corrected chi connectivity index (χ4v) is 8.86. The molecule has 7 nitrogen and oxygen atoms in total. The van der Waals surface area contributed by atoms with Crippen molar-refractivity contribution in [1.29, 1.82) is 0 Å². The number of carboxylic acid groups (broad SMARTS) is 1. The van der Waals surface area contributed by atoms with Gasteiger partial charge >= 0.3 is 11.9 Å². The highest BCUT2D eigenvalue weighted by Gasteiger charge is 2.61. The number of Topliss-reactive ketones (excluding diaryl/α,β-unsaturated/α-hetero) is 1. The zero-order valence-electron chi connectivity index (χ0n) is 22.1. The summed E-state index contributed by atoms with van der Waals surface area (Å²) in [6, 6.07) is -0.926. The van der Waals surface area contributed by atoms with E-state index in [1.54, 1.807) is 0 Å². The Kier molecular flexibility index (Phi) is 8.42. The zero-order chi connectivity index (χ0) is 26.1. The van der Waals surface area contributed by atoms with Crippen molar-refractivity contribution in [1.82, 2.24) is 5.32 Å². The number of esters is 1. The van der Waals surface area contributed by atoms with E-state index in [0.717, 1.165) is 51.4 Å². The average Bonchev–Trinajstić information content (AvgIpc) is 3.16. The lowest BCUT2D eigenvalue weighted by atomic mass is 9.45. The fourth-order valence-electron chi connectivity index (χ4n) is 8.38. The number of hydrogen-bond donors (Lipinski definition) is 2. The summed E-state index contributed by atoms with van der Waals surface area (Å²) >= 11 is 1.53. The molecule has 0 spiro atoms. The number of ketones is 1. The minimum atomic E-state index is -1.05. The summed E-state index contributed by atoms with van der Waals surface area (Å²) in [5.41, 5.74) is 0.239. The van der Waals surface area contributed by atoms with Crippen molar-refractivity contribution in [2.75, 3.05) is 12.0 Å². The first kappa shape index (κ1) is 27.5. The number of nitrogens with one attached hydrogen (secondary N) is 1. The molecule has 0 saturated heterocycles. The highest BCUT2D eigenvalue weighted by atomic mass is 32.2. The van der Waals surface area contributed by atoms with Crippen LogP contribution in [0.1, 0.15) is 90.9 Å². The van der Waals surface area contributed by atoms with Crippen LogP contribution in [0.5, 0.6) is 0 Å². The van der Waals surface area contributed by atoms with Crippen LogP contribution < -0.4 is 5.32 Å². The predicted molar refractivity (Wildman–Crippen MR) is 138 cm³/mol. The van der Waals surface area contributed by atoms with Gasteiger partial charge in [0.1, 0.15) is 17.9 Å². The summed E-state index contributed by atoms with van der Waals surface area (Å²) in [5, 5.41) is 11.8. The van der Waals surface area contributed by atoms with Crippen molar-refractivity contribution >= 4 is 35.4 Å². The van der Waals surface area contributed by atoms with Crippen molar-refractivity contribution in [3.63, 3.8) is 0 Å². The molecule has 2 N–H and O–H groups in total. The molecule has 0 bridgehead atoms. The maximum atomic E-state index is 12.7. The smallest absolute Gasteiger partial charge is 0.326 e. The molecule has 0 heterocycles. The Morgan fingerprint density at radius 3 is 2.53 bits per heavy atom. The van der Waals surface area contributed by atoms with Crippen LogP contribution >= 0.6 is 11.8 Å². The molecule has 4 aliphatic rings. The molecule has 1 amide bonds. The standard InChI is InChI=1S/C28H43NO6S/c1-27-13-10-18(30)16-17(27)4-5-19-20-6-7-23(28(20,2)14-11-21(19)27)35-25(32)9-8-24(31)29-22(26(33)34)12-15-36-3/h17,19-23H,4-16H2,1-3H3,(H,29,31)(H,33,34)/t17-,19-,20-,21-,22?,23?,27-,28-/m0/s1. The molecule has 0 aromatic heterocycles. The van der Waals surface area contributed by atoms with Gasteiger partial charge in [-0.25, -0.2) is 4.79 Å². The molecule has 0 radical (unpaired) electrons. The molecule has 4 rings (SSSR count). The van der Waals surface area contributed by atoms with Crippen LogP contribution in [0.4, 0.5) is 0 Å².